The van der Waals surface area contributed by atoms with Gasteiger partial charge in [0.15, 0.2) is 5.78 Å². The van der Waals surface area contributed by atoms with E-state index < -0.39 is 0 Å². The first-order valence-corrected chi connectivity index (χ1v) is 7.78. The number of thiazole rings is 1. The van der Waals surface area contributed by atoms with Gasteiger partial charge < -0.3 is 4.90 Å². The van der Waals surface area contributed by atoms with E-state index >= 15 is 0 Å². The van der Waals surface area contributed by atoms with Gasteiger partial charge in [0.1, 0.15) is 5.01 Å². The molecule has 110 valence electrons. The molecule has 0 bridgehead atoms. The number of hydrogen-bond acceptors (Lipinski definition) is 4. The summed E-state index contributed by atoms with van der Waals surface area (Å²) in [5.74, 6) is -0.0666. The molecule has 0 amide bonds. The van der Waals surface area contributed by atoms with Gasteiger partial charge in [-0.15, -0.1) is 11.3 Å². The van der Waals surface area contributed by atoms with Crippen LogP contribution >= 0.6 is 34.5 Å². The van der Waals surface area contributed by atoms with Crippen LogP contribution in [0.5, 0.6) is 0 Å². The maximum absolute atomic E-state index is 12.2. The lowest BCUT2D eigenvalue weighted by atomic mass is 10.2. The van der Waals surface area contributed by atoms with E-state index in [4.69, 9.17) is 23.2 Å². The predicted molar refractivity (Wildman–Crippen MR) is 89.5 cm³/mol. The molecule has 0 saturated heterocycles. The van der Waals surface area contributed by atoms with Gasteiger partial charge in [0.05, 0.1) is 20.6 Å². The first-order chi connectivity index (χ1) is 9.90. The van der Waals surface area contributed by atoms with E-state index in [9.17, 15) is 4.79 Å². The monoisotopic (exact) mass is 340 g/mol. The van der Waals surface area contributed by atoms with Gasteiger partial charge in [-0.3, -0.25) is 4.79 Å². The summed E-state index contributed by atoms with van der Waals surface area (Å²) in [4.78, 5) is 19.0. The van der Waals surface area contributed by atoms with Gasteiger partial charge in [0.25, 0.3) is 0 Å². The fraction of sp³-hybridized carbons (Fsp3) is 0.200. The second-order valence-corrected chi connectivity index (χ2v) is 6.46. The minimum atomic E-state index is -0.0666. The Morgan fingerprint density at radius 1 is 1.33 bits per heavy atom. The van der Waals surface area contributed by atoms with Crippen LogP contribution in [-0.4, -0.2) is 29.8 Å². The number of carbonyl (C=O) groups is 1. The third-order valence-electron chi connectivity index (χ3n) is 2.73. The summed E-state index contributed by atoms with van der Waals surface area (Å²) in [5, 5.41) is 1.62. The number of carbonyl (C=O) groups excluding carboxylic acids is 1. The lowest BCUT2D eigenvalue weighted by molar-refractivity contribution is 0.104. The second-order valence-electron chi connectivity index (χ2n) is 4.68. The van der Waals surface area contributed by atoms with Crippen LogP contribution in [0.15, 0.2) is 30.5 Å². The van der Waals surface area contributed by atoms with Crippen molar-refractivity contribution in [3.8, 4) is 10.6 Å². The molecule has 21 heavy (non-hydrogen) atoms. The first kappa shape index (κ1) is 16.0. The van der Waals surface area contributed by atoms with Crippen LogP contribution < -0.4 is 0 Å². The van der Waals surface area contributed by atoms with Gasteiger partial charge in [-0.2, -0.15) is 0 Å². The normalized spacial score (nSPS) is 11.1. The summed E-state index contributed by atoms with van der Waals surface area (Å²) in [5.41, 5.74) is 1.44. The summed E-state index contributed by atoms with van der Waals surface area (Å²) >= 11 is 13.5. The number of benzene rings is 1. The van der Waals surface area contributed by atoms with Gasteiger partial charge in [0, 0.05) is 31.9 Å². The molecule has 0 fully saturated rings. The Balaban J connectivity index is 2.40. The molecule has 0 unspecified atom stereocenters. The fourth-order valence-corrected chi connectivity index (χ4v) is 3.17. The number of hydrogen-bond donors (Lipinski definition) is 0. The number of rotatable bonds is 4. The highest BCUT2D eigenvalue weighted by Gasteiger charge is 2.16. The lowest BCUT2D eigenvalue weighted by Crippen LogP contribution is -2.02. The van der Waals surface area contributed by atoms with Crippen LogP contribution in [0.4, 0.5) is 0 Å². The maximum Gasteiger partial charge on any atom is 0.199 e. The standard InChI is InChI=1S/C15H14Cl2N2OS/c1-9-14(12(20)7-8-19(2)3)21-15(18-9)10-5-4-6-11(16)13(10)17/h4-8H,1-3H3/b8-7+. The van der Waals surface area contributed by atoms with Crippen molar-refractivity contribution in [3.63, 3.8) is 0 Å². The van der Waals surface area contributed by atoms with Gasteiger partial charge in [-0.1, -0.05) is 35.3 Å². The molecule has 0 radical (unpaired) electrons. The summed E-state index contributed by atoms with van der Waals surface area (Å²) in [6.45, 7) is 1.81. The third-order valence-corrected chi connectivity index (χ3v) is 4.75. The molecule has 0 saturated carbocycles. The van der Waals surface area contributed by atoms with Crippen molar-refractivity contribution >= 4 is 40.3 Å². The molecule has 0 atom stereocenters. The summed E-state index contributed by atoms with van der Waals surface area (Å²) < 4.78 is 0. The van der Waals surface area contributed by atoms with Crippen LogP contribution in [0.2, 0.25) is 10.0 Å². The first-order valence-electron chi connectivity index (χ1n) is 6.21. The van der Waals surface area contributed by atoms with Crippen LogP contribution in [0.25, 0.3) is 10.6 Å². The molecule has 0 spiro atoms. The zero-order valence-corrected chi connectivity index (χ0v) is 14.2. The van der Waals surface area contributed by atoms with Crippen LogP contribution in [0.3, 0.4) is 0 Å². The smallest absolute Gasteiger partial charge is 0.199 e. The predicted octanol–water partition coefficient (Wildman–Crippen LogP) is 4.68. The highest BCUT2D eigenvalue weighted by Crippen LogP contribution is 2.36. The van der Waals surface area contributed by atoms with E-state index in [0.29, 0.717) is 25.6 Å². The number of halogens is 2. The number of aromatic nitrogens is 1. The molecule has 0 N–H and O–H groups in total. The van der Waals surface area contributed by atoms with Crippen LogP contribution in [-0.2, 0) is 0 Å². The van der Waals surface area contributed by atoms with Crippen LogP contribution in [0, 0.1) is 6.92 Å². The molecular weight excluding hydrogens is 327 g/mol. The minimum absolute atomic E-state index is 0.0666. The molecule has 0 aliphatic heterocycles. The number of aryl methyl sites for hydroxylation is 1. The van der Waals surface area contributed by atoms with E-state index in [0.717, 1.165) is 5.56 Å². The molecule has 1 aromatic heterocycles. The molecule has 2 aromatic rings. The minimum Gasteiger partial charge on any atom is -0.383 e. The Kier molecular flexibility index (Phi) is 5.04. The number of ketones is 1. The van der Waals surface area contributed by atoms with E-state index in [-0.39, 0.29) is 5.78 Å². The Labute approximate surface area is 137 Å². The number of nitrogens with zero attached hydrogens (tertiary/aromatic N) is 2. The van der Waals surface area contributed by atoms with E-state index in [1.807, 2.05) is 38.1 Å². The lowest BCUT2D eigenvalue weighted by Gasteiger charge is -2.02. The van der Waals surface area contributed by atoms with Crippen molar-refractivity contribution in [2.45, 2.75) is 6.92 Å². The quantitative estimate of drug-likeness (QED) is 0.598. The van der Waals surface area contributed by atoms with Crippen molar-refractivity contribution < 1.29 is 4.79 Å². The van der Waals surface area contributed by atoms with Gasteiger partial charge in [-0.05, 0) is 13.0 Å². The van der Waals surface area contributed by atoms with Crippen molar-refractivity contribution in [2.75, 3.05) is 14.1 Å². The SMILES string of the molecule is Cc1nc(-c2cccc(Cl)c2Cl)sc1C(=O)/C=C/N(C)C. The van der Waals surface area contributed by atoms with E-state index in [1.54, 1.807) is 12.3 Å². The average Bonchev–Trinajstić information content (AvgIpc) is 2.81. The third kappa shape index (κ3) is 3.64. The van der Waals surface area contributed by atoms with E-state index in [2.05, 4.69) is 4.98 Å². The van der Waals surface area contributed by atoms with Crippen molar-refractivity contribution in [3.05, 3.63) is 51.1 Å². The summed E-state index contributed by atoms with van der Waals surface area (Å²) in [6.07, 6.45) is 3.25. The maximum atomic E-state index is 12.2. The Hall–Kier alpha value is -1.36. The highest BCUT2D eigenvalue weighted by molar-refractivity contribution is 7.17. The largest absolute Gasteiger partial charge is 0.383 e. The van der Waals surface area contributed by atoms with Crippen molar-refractivity contribution in [2.24, 2.45) is 0 Å². The second kappa shape index (κ2) is 6.60. The fourth-order valence-electron chi connectivity index (χ4n) is 1.70. The summed E-state index contributed by atoms with van der Waals surface area (Å²) in [7, 11) is 3.72. The molecule has 0 aliphatic carbocycles. The molecule has 2 rings (SSSR count). The molecule has 1 heterocycles. The zero-order valence-electron chi connectivity index (χ0n) is 11.9. The Bertz CT molecular complexity index is 708. The van der Waals surface area contributed by atoms with Crippen molar-refractivity contribution in [1.29, 1.82) is 0 Å². The molecule has 1 aromatic carbocycles. The number of allylic oxidation sites excluding steroid dienone is 1. The Morgan fingerprint density at radius 2 is 2.05 bits per heavy atom. The zero-order chi connectivity index (χ0) is 15.6. The van der Waals surface area contributed by atoms with Gasteiger partial charge in [-0.25, -0.2) is 4.98 Å². The van der Waals surface area contributed by atoms with Gasteiger partial charge >= 0.3 is 0 Å². The van der Waals surface area contributed by atoms with E-state index in [1.165, 1.54) is 17.4 Å². The molecular formula is C15H14Cl2N2OS. The van der Waals surface area contributed by atoms with Crippen molar-refractivity contribution in [1.82, 2.24) is 9.88 Å². The summed E-state index contributed by atoms with van der Waals surface area (Å²) in [6, 6.07) is 5.38. The topological polar surface area (TPSA) is 33.2 Å². The average molecular weight is 341 g/mol. The Morgan fingerprint density at radius 3 is 2.71 bits per heavy atom. The molecule has 6 heteroatoms. The molecule has 0 aliphatic rings. The van der Waals surface area contributed by atoms with Gasteiger partial charge in [0.2, 0.25) is 0 Å². The molecule has 3 nitrogen and oxygen atoms in total. The van der Waals surface area contributed by atoms with Crippen LogP contribution in [0.1, 0.15) is 15.4 Å². The highest BCUT2D eigenvalue weighted by atomic mass is 35.5.